The zero-order chi connectivity index (χ0) is 23.3. The molecule has 2 aromatic carbocycles. The molecular formula is C29H43BO3. The molecule has 0 amide bonds. The van der Waals surface area contributed by atoms with E-state index in [-0.39, 0.29) is 7.12 Å². The Hall–Kier alpha value is -2.10. The number of ether oxygens (including phenoxy) is 1. The van der Waals surface area contributed by atoms with Crippen molar-refractivity contribution in [2.45, 2.75) is 104 Å². The molecule has 1 heterocycles. The van der Waals surface area contributed by atoms with Crippen LogP contribution in [0.3, 0.4) is 0 Å². The van der Waals surface area contributed by atoms with Crippen molar-refractivity contribution in [1.82, 2.24) is 0 Å². The summed E-state index contributed by atoms with van der Waals surface area (Å²) in [7, 11) is 1.31. The van der Waals surface area contributed by atoms with Crippen molar-refractivity contribution in [1.29, 1.82) is 0 Å². The molecule has 180 valence electrons. The summed E-state index contributed by atoms with van der Waals surface area (Å²) in [6.07, 6.45) is 18.2. The van der Waals surface area contributed by atoms with Crippen molar-refractivity contribution < 1.29 is 14.0 Å². The van der Waals surface area contributed by atoms with Crippen LogP contribution in [0.1, 0.15) is 102 Å². The van der Waals surface area contributed by atoms with Crippen LogP contribution in [0, 0.1) is 0 Å². The first kappa shape index (κ1) is 25.5. The minimum Gasteiger partial charge on any atom is -0.519 e. The van der Waals surface area contributed by atoms with Gasteiger partial charge >= 0.3 is 7.12 Å². The van der Waals surface area contributed by atoms with Gasteiger partial charge in [-0.25, -0.2) is 0 Å². The van der Waals surface area contributed by atoms with Gasteiger partial charge in [0.05, 0.1) is 7.11 Å². The van der Waals surface area contributed by atoms with E-state index in [1.165, 1.54) is 88.2 Å². The number of unbranched alkanes of at least 4 members (excludes halogenated alkanes) is 10. The third kappa shape index (κ3) is 8.01. The second-order valence-corrected chi connectivity index (χ2v) is 9.44. The van der Waals surface area contributed by atoms with Gasteiger partial charge in [-0.1, -0.05) is 90.2 Å². The number of hydrogen-bond donors (Lipinski definition) is 0. The Morgan fingerprint density at radius 3 is 1.55 bits per heavy atom. The smallest absolute Gasteiger partial charge is 0.519 e. The molecule has 0 spiro atoms. The van der Waals surface area contributed by atoms with Crippen LogP contribution in [-0.2, 0) is 12.8 Å². The minimum absolute atomic E-state index is 0.378. The first-order chi connectivity index (χ1) is 16.2. The van der Waals surface area contributed by atoms with E-state index in [0.717, 1.165) is 35.6 Å². The van der Waals surface area contributed by atoms with Crippen LogP contribution in [0.25, 0.3) is 0 Å². The Labute approximate surface area is 202 Å². The van der Waals surface area contributed by atoms with Crippen molar-refractivity contribution >= 4 is 12.6 Å². The summed E-state index contributed by atoms with van der Waals surface area (Å²) in [5, 5.41) is 0. The van der Waals surface area contributed by atoms with Crippen LogP contribution < -0.4 is 19.5 Å². The summed E-state index contributed by atoms with van der Waals surface area (Å²) in [4.78, 5) is 0. The highest BCUT2D eigenvalue weighted by Gasteiger charge is 2.34. The molecule has 0 unspecified atom stereocenters. The summed E-state index contributed by atoms with van der Waals surface area (Å²) < 4.78 is 17.7. The topological polar surface area (TPSA) is 27.7 Å². The maximum absolute atomic E-state index is 6.23. The van der Waals surface area contributed by atoms with Gasteiger partial charge in [0.2, 0.25) is 0 Å². The average molecular weight is 450 g/mol. The lowest BCUT2D eigenvalue weighted by molar-refractivity contribution is 0.415. The lowest BCUT2D eigenvalue weighted by atomic mass is 9.79. The molecular weight excluding hydrogens is 407 g/mol. The van der Waals surface area contributed by atoms with Gasteiger partial charge in [-0.05, 0) is 61.1 Å². The van der Waals surface area contributed by atoms with E-state index in [1.54, 1.807) is 7.11 Å². The number of fused-ring (bicyclic) bond motifs is 1. The summed E-state index contributed by atoms with van der Waals surface area (Å²) in [5.41, 5.74) is 3.93. The molecule has 3 nitrogen and oxygen atoms in total. The van der Waals surface area contributed by atoms with E-state index in [0.29, 0.717) is 0 Å². The number of hydrogen-bond acceptors (Lipinski definition) is 3. The number of methoxy groups -OCH3 is 1. The Kier molecular flexibility index (Phi) is 11.0. The molecule has 2 aromatic rings. The second-order valence-electron chi connectivity index (χ2n) is 9.44. The molecule has 1 aliphatic rings. The molecule has 0 radical (unpaired) electrons. The summed E-state index contributed by atoms with van der Waals surface area (Å²) in [6, 6.07) is 12.5. The first-order valence-electron chi connectivity index (χ1n) is 13.4. The van der Waals surface area contributed by atoms with E-state index in [2.05, 4.69) is 26.0 Å². The normalized spacial score (nSPS) is 12.4. The van der Waals surface area contributed by atoms with Gasteiger partial charge in [0.25, 0.3) is 0 Å². The Morgan fingerprint density at radius 1 is 0.636 bits per heavy atom. The lowest BCUT2D eigenvalue weighted by Crippen LogP contribution is -2.38. The van der Waals surface area contributed by atoms with Gasteiger partial charge in [0, 0.05) is 5.46 Å². The Morgan fingerprint density at radius 2 is 1.09 bits per heavy atom. The lowest BCUT2D eigenvalue weighted by Gasteiger charge is -2.12. The number of rotatable bonds is 16. The molecule has 0 saturated heterocycles. The molecule has 0 fully saturated rings. The molecule has 1 aliphatic heterocycles. The van der Waals surface area contributed by atoms with Gasteiger partial charge in [-0.2, -0.15) is 0 Å². The van der Waals surface area contributed by atoms with Gasteiger partial charge in [-0.15, -0.1) is 0 Å². The number of benzene rings is 2. The minimum atomic E-state index is -0.378. The van der Waals surface area contributed by atoms with Crippen molar-refractivity contribution in [2.24, 2.45) is 0 Å². The van der Waals surface area contributed by atoms with Crippen LogP contribution in [-0.4, -0.2) is 14.2 Å². The Bertz CT molecular complexity index is 773. The van der Waals surface area contributed by atoms with Crippen molar-refractivity contribution in [3.63, 3.8) is 0 Å². The molecule has 0 saturated carbocycles. The van der Waals surface area contributed by atoms with Gasteiger partial charge in [0.15, 0.2) is 0 Å². The molecule has 4 heteroatoms. The predicted octanol–water partition coefficient (Wildman–Crippen LogP) is 7.67. The highest BCUT2D eigenvalue weighted by atomic mass is 16.6. The van der Waals surface area contributed by atoms with E-state index in [4.69, 9.17) is 14.0 Å². The van der Waals surface area contributed by atoms with Crippen LogP contribution in [0.4, 0.5) is 0 Å². The molecule has 0 bridgehead atoms. The fraction of sp³-hybridized carbons (Fsp3) is 0.586. The molecule has 0 atom stereocenters. The van der Waals surface area contributed by atoms with E-state index < -0.39 is 0 Å². The molecule has 0 aromatic heterocycles. The van der Waals surface area contributed by atoms with Crippen LogP contribution >= 0.6 is 0 Å². The Balaban J connectivity index is 1.63. The molecule has 3 rings (SSSR count). The quantitative estimate of drug-likeness (QED) is 0.194. The molecule has 33 heavy (non-hydrogen) atoms. The molecule has 0 N–H and O–H groups in total. The first-order valence-corrected chi connectivity index (χ1v) is 13.4. The average Bonchev–Trinajstić information content (AvgIpc) is 3.26. The highest BCUT2D eigenvalue weighted by Crippen LogP contribution is 2.37. The third-order valence-electron chi connectivity index (χ3n) is 6.72. The predicted molar refractivity (Wildman–Crippen MR) is 140 cm³/mol. The summed E-state index contributed by atoms with van der Waals surface area (Å²) in [6.45, 7) is 4.56. The number of aryl methyl sites for hydroxylation is 2. The summed E-state index contributed by atoms with van der Waals surface area (Å²) >= 11 is 0. The van der Waals surface area contributed by atoms with E-state index >= 15 is 0 Å². The van der Waals surface area contributed by atoms with Crippen molar-refractivity contribution in [3.8, 4) is 17.2 Å². The monoisotopic (exact) mass is 450 g/mol. The fourth-order valence-electron chi connectivity index (χ4n) is 4.64. The van der Waals surface area contributed by atoms with Gasteiger partial charge in [0.1, 0.15) is 17.2 Å². The third-order valence-corrected chi connectivity index (χ3v) is 6.72. The van der Waals surface area contributed by atoms with E-state index in [9.17, 15) is 0 Å². The highest BCUT2D eigenvalue weighted by molar-refractivity contribution is 6.63. The second kappa shape index (κ2) is 14.2. The zero-order valence-corrected chi connectivity index (χ0v) is 21.2. The summed E-state index contributed by atoms with van der Waals surface area (Å²) in [5.74, 6) is 2.63. The van der Waals surface area contributed by atoms with Crippen molar-refractivity contribution in [2.75, 3.05) is 7.11 Å². The van der Waals surface area contributed by atoms with Crippen LogP contribution in [0.15, 0.2) is 36.4 Å². The van der Waals surface area contributed by atoms with E-state index in [1.807, 2.05) is 24.3 Å². The van der Waals surface area contributed by atoms with Gasteiger partial charge in [-0.3, -0.25) is 0 Å². The maximum Gasteiger partial charge on any atom is 0.632 e. The SMILES string of the molecule is CCCCCCCCc1cc2c(cc1CCCCCCCC)OB(c1ccc(OC)cc1)O2. The zero-order valence-electron chi connectivity index (χ0n) is 21.2. The largest absolute Gasteiger partial charge is 0.632 e. The van der Waals surface area contributed by atoms with Crippen LogP contribution in [0.5, 0.6) is 17.2 Å². The fourth-order valence-corrected chi connectivity index (χ4v) is 4.64. The maximum atomic E-state index is 6.23. The van der Waals surface area contributed by atoms with Crippen LogP contribution in [0.2, 0.25) is 0 Å². The van der Waals surface area contributed by atoms with Gasteiger partial charge < -0.3 is 14.0 Å². The standard InChI is InChI=1S/C29H43BO3/c1-4-6-8-10-12-14-16-24-22-28-29(23-25(24)17-15-13-11-9-7-5-2)33-30(32-28)26-18-20-27(31-3)21-19-26/h18-23H,4-17H2,1-3H3. The van der Waals surface area contributed by atoms with Crippen molar-refractivity contribution in [3.05, 3.63) is 47.5 Å². The molecule has 0 aliphatic carbocycles.